The zero-order valence-corrected chi connectivity index (χ0v) is 27.6. The monoisotopic (exact) mass is 653 g/mol. The van der Waals surface area contributed by atoms with E-state index in [0.717, 1.165) is 44.9 Å². The van der Waals surface area contributed by atoms with Crippen LogP contribution in [0.1, 0.15) is 0 Å². The molecule has 2 heterocycles. The molecule has 0 saturated carbocycles. The largest absolute Gasteiger partial charge is 0.436 e. The number of anilines is 3. The Bertz CT molecular complexity index is 2800. The molecule has 10 rings (SSSR count). The highest BCUT2D eigenvalue weighted by molar-refractivity contribution is 6.14. The predicted molar refractivity (Wildman–Crippen MR) is 211 cm³/mol. The second-order valence-electron chi connectivity index (χ2n) is 12.9. The summed E-state index contributed by atoms with van der Waals surface area (Å²) in [5.74, 6) is 0.614. The third-order valence-corrected chi connectivity index (χ3v) is 9.79. The minimum atomic E-state index is 0.614. The molecule has 0 N–H and O–H groups in total. The van der Waals surface area contributed by atoms with E-state index in [9.17, 15) is 0 Å². The Balaban J connectivity index is 1.16. The van der Waals surface area contributed by atoms with E-state index < -0.39 is 0 Å². The lowest BCUT2D eigenvalue weighted by Gasteiger charge is -2.26. The lowest BCUT2D eigenvalue weighted by Crippen LogP contribution is -2.10. The average Bonchev–Trinajstić information content (AvgIpc) is 3.77. The first kappa shape index (κ1) is 29.0. The molecule has 0 aliphatic rings. The summed E-state index contributed by atoms with van der Waals surface area (Å²) < 4.78 is 8.51. The molecular weight excluding hydrogens is 623 g/mol. The third-order valence-electron chi connectivity index (χ3n) is 9.79. The highest BCUT2D eigenvalue weighted by Gasteiger charge is 2.19. The van der Waals surface area contributed by atoms with Gasteiger partial charge in [0.2, 0.25) is 5.89 Å². The maximum atomic E-state index is 6.11. The van der Waals surface area contributed by atoms with Gasteiger partial charge in [0.15, 0.2) is 5.58 Å². The van der Waals surface area contributed by atoms with Crippen molar-refractivity contribution in [3.8, 4) is 28.3 Å². The highest BCUT2D eigenvalue weighted by Crippen LogP contribution is 2.41. The van der Waals surface area contributed by atoms with Gasteiger partial charge in [-0.25, -0.2) is 4.98 Å². The smallest absolute Gasteiger partial charge is 0.227 e. The Hall–Kier alpha value is -6.91. The van der Waals surface area contributed by atoms with Gasteiger partial charge in [-0.15, -0.1) is 0 Å². The molecule has 8 aromatic carbocycles. The first-order valence-electron chi connectivity index (χ1n) is 17.2. The first-order valence-corrected chi connectivity index (χ1v) is 17.2. The van der Waals surface area contributed by atoms with Crippen molar-refractivity contribution in [3.63, 3.8) is 0 Å². The van der Waals surface area contributed by atoms with Gasteiger partial charge >= 0.3 is 0 Å². The number of rotatable bonds is 6. The summed E-state index contributed by atoms with van der Waals surface area (Å²) in [7, 11) is 0. The van der Waals surface area contributed by atoms with Crippen molar-refractivity contribution in [2.24, 2.45) is 0 Å². The second-order valence-corrected chi connectivity index (χ2v) is 12.9. The summed E-state index contributed by atoms with van der Waals surface area (Å²) in [5.41, 5.74) is 11.6. The molecule has 0 aliphatic heterocycles. The maximum Gasteiger partial charge on any atom is 0.227 e. The van der Waals surface area contributed by atoms with Crippen LogP contribution in [0.25, 0.3) is 71.9 Å². The minimum absolute atomic E-state index is 0.614. The number of hydrogen-bond donors (Lipinski definition) is 0. The van der Waals surface area contributed by atoms with Gasteiger partial charge < -0.3 is 13.9 Å². The SMILES string of the molecule is c1ccc(-c2ccc(N(c3ccc(-c4nc5ccccc5o4)cc3)c3ccc4c5cc6ccccc6cc5n(-c5ccccc5)c4c3)cc2)cc1. The van der Waals surface area contributed by atoms with Crippen LogP contribution in [-0.2, 0) is 0 Å². The van der Waals surface area contributed by atoms with E-state index in [0.29, 0.717) is 5.89 Å². The Morgan fingerprint density at radius 1 is 0.431 bits per heavy atom. The normalized spacial score (nSPS) is 11.5. The van der Waals surface area contributed by atoms with Gasteiger partial charge in [-0.3, -0.25) is 0 Å². The van der Waals surface area contributed by atoms with Gasteiger partial charge in [0.1, 0.15) is 5.52 Å². The van der Waals surface area contributed by atoms with E-state index in [-0.39, 0.29) is 0 Å². The fourth-order valence-corrected chi connectivity index (χ4v) is 7.32. The van der Waals surface area contributed by atoms with Crippen LogP contribution in [0, 0.1) is 0 Å². The molecule has 0 spiro atoms. The van der Waals surface area contributed by atoms with Gasteiger partial charge in [0, 0.05) is 39.1 Å². The van der Waals surface area contributed by atoms with Crippen molar-refractivity contribution in [1.82, 2.24) is 9.55 Å². The molecule has 0 aliphatic carbocycles. The Labute approximate surface area is 295 Å². The van der Waals surface area contributed by atoms with Crippen molar-refractivity contribution in [2.75, 3.05) is 4.90 Å². The zero-order chi connectivity index (χ0) is 33.7. The number of benzene rings is 8. The van der Waals surface area contributed by atoms with Crippen molar-refractivity contribution in [3.05, 3.63) is 188 Å². The van der Waals surface area contributed by atoms with Crippen LogP contribution in [-0.4, -0.2) is 9.55 Å². The van der Waals surface area contributed by atoms with Crippen LogP contribution in [0.2, 0.25) is 0 Å². The standard InChI is InChI=1S/C47H31N3O/c1-3-11-32(12-4-1)33-19-23-38(24-20-33)49(39-25-21-34(22-26-39)47-48-43-17-9-10-18-46(43)51-47)40-27-28-41-42-29-35-13-7-8-14-36(35)30-44(42)50(45(41)31-40)37-15-5-2-6-16-37/h1-31H. The minimum Gasteiger partial charge on any atom is -0.436 e. The Morgan fingerprint density at radius 2 is 1.00 bits per heavy atom. The molecule has 0 saturated heterocycles. The molecule has 2 aromatic heterocycles. The molecule has 4 nitrogen and oxygen atoms in total. The Morgan fingerprint density at radius 3 is 1.73 bits per heavy atom. The van der Waals surface area contributed by atoms with Crippen molar-refractivity contribution >= 4 is 60.7 Å². The topological polar surface area (TPSA) is 34.2 Å². The van der Waals surface area contributed by atoms with Gasteiger partial charge in [-0.2, -0.15) is 0 Å². The average molecular weight is 654 g/mol. The quantitative estimate of drug-likeness (QED) is 0.179. The number of oxazole rings is 1. The highest BCUT2D eigenvalue weighted by atomic mass is 16.3. The molecule has 0 amide bonds. The third kappa shape index (κ3) is 5.04. The molecule has 0 unspecified atom stereocenters. The molecule has 240 valence electrons. The Kier molecular flexibility index (Phi) is 6.78. The maximum absolute atomic E-state index is 6.11. The number of aromatic nitrogens is 2. The molecule has 10 aromatic rings. The molecule has 0 atom stereocenters. The van der Waals surface area contributed by atoms with Crippen molar-refractivity contribution in [1.29, 1.82) is 0 Å². The van der Waals surface area contributed by atoms with Crippen LogP contribution >= 0.6 is 0 Å². The number of hydrogen-bond acceptors (Lipinski definition) is 3. The van der Waals surface area contributed by atoms with Gasteiger partial charge in [0.05, 0.1) is 11.0 Å². The lowest BCUT2D eigenvalue weighted by atomic mass is 10.0. The van der Waals surface area contributed by atoms with E-state index >= 15 is 0 Å². The van der Waals surface area contributed by atoms with Crippen LogP contribution in [0.4, 0.5) is 17.1 Å². The van der Waals surface area contributed by atoms with E-state index in [4.69, 9.17) is 9.40 Å². The fourth-order valence-electron chi connectivity index (χ4n) is 7.32. The van der Waals surface area contributed by atoms with E-state index in [1.807, 2.05) is 24.3 Å². The lowest BCUT2D eigenvalue weighted by molar-refractivity contribution is 0.620. The van der Waals surface area contributed by atoms with Gasteiger partial charge in [-0.1, -0.05) is 103 Å². The van der Waals surface area contributed by atoms with E-state index in [2.05, 4.69) is 173 Å². The molecule has 0 radical (unpaired) electrons. The molecule has 0 fully saturated rings. The first-order chi connectivity index (χ1) is 25.3. The summed E-state index contributed by atoms with van der Waals surface area (Å²) in [6, 6.07) is 66.5. The number of nitrogens with zero attached hydrogens (tertiary/aromatic N) is 3. The summed E-state index contributed by atoms with van der Waals surface area (Å²) >= 11 is 0. The van der Waals surface area contributed by atoms with E-state index in [1.54, 1.807) is 0 Å². The molecule has 4 heteroatoms. The summed E-state index contributed by atoms with van der Waals surface area (Å²) in [4.78, 5) is 7.07. The zero-order valence-electron chi connectivity index (χ0n) is 27.6. The van der Waals surface area contributed by atoms with Crippen molar-refractivity contribution < 1.29 is 4.42 Å². The van der Waals surface area contributed by atoms with Crippen LogP contribution in [0.5, 0.6) is 0 Å². The number of para-hydroxylation sites is 3. The van der Waals surface area contributed by atoms with Crippen LogP contribution in [0.15, 0.2) is 192 Å². The summed E-state index contributed by atoms with van der Waals surface area (Å²) in [5, 5.41) is 4.92. The molecule has 51 heavy (non-hydrogen) atoms. The van der Waals surface area contributed by atoms with Crippen LogP contribution in [0.3, 0.4) is 0 Å². The predicted octanol–water partition coefficient (Wildman–Crippen LogP) is 12.9. The number of fused-ring (bicyclic) bond motifs is 5. The second kappa shape index (κ2) is 11.9. The summed E-state index contributed by atoms with van der Waals surface area (Å²) in [6.07, 6.45) is 0. The van der Waals surface area contributed by atoms with Crippen LogP contribution < -0.4 is 4.90 Å². The molecular formula is C47H31N3O. The fraction of sp³-hybridized carbons (Fsp3) is 0. The van der Waals surface area contributed by atoms with Gasteiger partial charge in [-0.05, 0) is 107 Å². The van der Waals surface area contributed by atoms with Crippen molar-refractivity contribution in [2.45, 2.75) is 0 Å². The van der Waals surface area contributed by atoms with E-state index in [1.165, 1.54) is 38.2 Å². The van der Waals surface area contributed by atoms with Gasteiger partial charge in [0.25, 0.3) is 0 Å². The summed E-state index contributed by atoms with van der Waals surface area (Å²) in [6.45, 7) is 0. The molecule has 0 bridgehead atoms.